The number of non-ortho nitro benzene ring substituents is 1. The zero-order valence-corrected chi connectivity index (χ0v) is 15.2. The molecule has 11 heteroatoms. The van der Waals surface area contributed by atoms with Gasteiger partial charge in [-0.15, -0.1) is 0 Å². The van der Waals surface area contributed by atoms with Crippen LogP contribution < -0.4 is 15.4 Å². The van der Waals surface area contributed by atoms with Crippen LogP contribution in [0.25, 0.3) is 0 Å². The van der Waals surface area contributed by atoms with Crippen molar-refractivity contribution in [3.8, 4) is 5.75 Å². The Morgan fingerprint density at radius 2 is 2.00 bits per heavy atom. The topological polar surface area (TPSA) is 146 Å². The molecule has 0 fully saturated rings. The number of carbonyl (C=O) groups is 2. The number of nitro groups is 1. The van der Waals surface area contributed by atoms with Gasteiger partial charge < -0.3 is 20.1 Å². The number of carbonyl (C=O) groups excluding carboxylic acids is 2. The molecule has 1 amide bonds. The second-order valence-corrected chi connectivity index (χ2v) is 5.51. The van der Waals surface area contributed by atoms with Crippen molar-refractivity contribution in [2.24, 2.45) is 0 Å². The fourth-order valence-electron chi connectivity index (χ4n) is 2.12. The van der Waals surface area contributed by atoms with Gasteiger partial charge in [0, 0.05) is 31.1 Å². The lowest BCUT2D eigenvalue weighted by Gasteiger charge is -2.15. The summed E-state index contributed by atoms with van der Waals surface area (Å²) in [5.41, 5.74) is -0.109. The van der Waals surface area contributed by atoms with Crippen LogP contribution in [0.2, 0.25) is 0 Å². The van der Waals surface area contributed by atoms with Crippen LogP contribution in [-0.2, 0) is 14.3 Å². The van der Waals surface area contributed by atoms with Crippen LogP contribution in [0.5, 0.6) is 5.75 Å². The zero-order valence-electron chi connectivity index (χ0n) is 15.2. The lowest BCUT2D eigenvalue weighted by atomic mass is 10.2. The Bertz CT molecular complexity index is 845. The first-order valence-corrected chi connectivity index (χ1v) is 8.24. The predicted octanol–water partition coefficient (Wildman–Crippen LogP) is 1.77. The Morgan fingerprint density at radius 1 is 1.29 bits per heavy atom. The van der Waals surface area contributed by atoms with Gasteiger partial charge in [-0.25, -0.2) is 9.97 Å². The molecule has 0 aliphatic rings. The van der Waals surface area contributed by atoms with Crippen LogP contribution in [0.1, 0.15) is 13.3 Å². The van der Waals surface area contributed by atoms with Gasteiger partial charge >= 0.3 is 5.97 Å². The zero-order chi connectivity index (χ0) is 20.5. The summed E-state index contributed by atoms with van der Waals surface area (Å²) in [7, 11) is 1.36. The maximum absolute atomic E-state index is 12.2. The van der Waals surface area contributed by atoms with Gasteiger partial charge in [0.2, 0.25) is 5.95 Å². The molecule has 0 spiro atoms. The first-order valence-electron chi connectivity index (χ1n) is 8.24. The molecule has 1 atom stereocenters. The van der Waals surface area contributed by atoms with Crippen LogP contribution in [0.3, 0.4) is 0 Å². The maximum Gasteiger partial charge on any atom is 0.308 e. The molecule has 0 aliphatic heterocycles. The number of nitrogens with zero attached hydrogens (tertiary/aromatic N) is 3. The second kappa shape index (κ2) is 9.80. The number of ether oxygens (including phenoxy) is 2. The fourth-order valence-corrected chi connectivity index (χ4v) is 2.12. The SMILES string of the molecule is COc1ccc([N+](=O)[O-])cc1NC(=O)C(C)OC(=O)CCNc1ncccn1. The molecule has 28 heavy (non-hydrogen) atoms. The number of methoxy groups -OCH3 is 1. The molecule has 2 N–H and O–H groups in total. The van der Waals surface area contributed by atoms with Gasteiger partial charge in [0.05, 0.1) is 24.1 Å². The van der Waals surface area contributed by atoms with Crippen molar-refractivity contribution >= 4 is 29.2 Å². The van der Waals surface area contributed by atoms with E-state index in [0.29, 0.717) is 5.95 Å². The summed E-state index contributed by atoms with van der Waals surface area (Å²) in [5, 5.41) is 16.2. The number of hydrogen-bond acceptors (Lipinski definition) is 9. The minimum atomic E-state index is -1.11. The molecule has 0 bridgehead atoms. The quantitative estimate of drug-likeness (QED) is 0.372. The third-order valence-electron chi connectivity index (χ3n) is 3.51. The first-order chi connectivity index (χ1) is 13.4. The molecule has 2 rings (SSSR count). The van der Waals surface area contributed by atoms with Gasteiger partial charge in [0.25, 0.3) is 11.6 Å². The summed E-state index contributed by atoms with van der Waals surface area (Å²) in [6.45, 7) is 1.63. The van der Waals surface area contributed by atoms with E-state index in [2.05, 4.69) is 20.6 Å². The number of aromatic nitrogens is 2. The number of benzene rings is 1. The Morgan fingerprint density at radius 3 is 2.64 bits per heavy atom. The molecule has 1 aromatic carbocycles. The van der Waals surface area contributed by atoms with Crippen LogP contribution in [0, 0.1) is 10.1 Å². The molecule has 2 aromatic rings. The maximum atomic E-state index is 12.2. The monoisotopic (exact) mass is 389 g/mol. The average molecular weight is 389 g/mol. The highest BCUT2D eigenvalue weighted by Crippen LogP contribution is 2.29. The molecule has 11 nitrogen and oxygen atoms in total. The lowest BCUT2D eigenvalue weighted by Crippen LogP contribution is -2.30. The highest BCUT2D eigenvalue weighted by Gasteiger charge is 2.20. The molecule has 1 aromatic heterocycles. The minimum absolute atomic E-state index is 0.00396. The van der Waals surface area contributed by atoms with Gasteiger partial charge in [0.15, 0.2) is 6.10 Å². The van der Waals surface area contributed by atoms with E-state index in [9.17, 15) is 19.7 Å². The van der Waals surface area contributed by atoms with Crippen molar-refractivity contribution < 1.29 is 24.0 Å². The van der Waals surface area contributed by atoms with E-state index in [1.807, 2.05) is 0 Å². The average Bonchev–Trinajstić information content (AvgIpc) is 2.68. The molecule has 1 unspecified atom stereocenters. The Kier molecular flexibility index (Phi) is 7.20. The third kappa shape index (κ3) is 5.90. The number of amides is 1. The summed E-state index contributed by atoms with van der Waals surface area (Å²) in [4.78, 5) is 42.3. The highest BCUT2D eigenvalue weighted by molar-refractivity contribution is 5.96. The van der Waals surface area contributed by atoms with Gasteiger partial charge in [0.1, 0.15) is 5.75 Å². The van der Waals surface area contributed by atoms with E-state index < -0.39 is 22.9 Å². The number of rotatable bonds is 9. The number of hydrogen-bond donors (Lipinski definition) is 2. The van der Waals surface area contributed by atoms with Gasteiger partial charge in [-0.3, -0.25) is 19.7 Å². The van der Waals surface area contributed by atoms with E-state index in [-0.39, 0.29) is 30.1 Å². The number of nitro benzene ring substituents is 1. The molecule has 0 saturated heterocycles. The first kappa shape index (κ1) is 20.6. The molecule has 148 valence electrons. The van der Waals surface area contributed by atoms with Gasteiger partial charge in [-0.05, 0) is 19.1 Å². The largest absolute Gasteiger partial charge is 0.495 e. The molecule has 1 heterocycles. The summed E-state index contributed by atoms with van der Waals surface area (Å²) in [6.07, 6.45) is 2.00. The normalized spacial score (nSPS) is 11.2. The van der Waals surface area contributed by atoms with Crippen molar-refractivity contribution in [2.75, 3.05) is 24.3 Å². The highest BCUT2D eigenvalue weighted by atomic mass is 16.6. The molecule has 0 saturated carbocycles. The van der Waals surface area contributed by atoms with E-state index in [0.717, 1.165) is 6.07 Å². The van der Waals surface area contributed by atoms with Crippen LogP contribution in [0.15, 0.2) is 36.7 Å². The molecular formula is C17H19N5O6. The van der Waals surface area contributed by atoms with Crippen molar-refractivity contribution in [1.82, 2.24) is 9.97 Å². The summed E-state index contributed by atoms with van der Waals surface area (Å²) in [6, 6.07) is 5.44. The van der Waals surface area contributed by atoms with E-state index in [4.69, 9.17) is 9.47 Å². The number of anilines is 2. The van der Waals surface area contributed by atoms with Gasteiger partial charge in [-0.2, -0.15) is 0 Å². The summed E-state index contributed by atoms with van der Waals surface area (Å²) >= 11 is 0. The van der Waals surface area contributed by atoms with Crippen LogP contribution in [-0.4, -0.2) is 46.5 Å². The van der Waals surface area contributed by atoms with Crippen LogP contribution >= 0.6 is 0 Å². The van der Waals surface area contributed by atoms with Crippen molar-refractivity contribution in [3.63, 3.8) is 0 Å². The Hall–Kier alpha value is -3.76. The third-order valence-corrected chi connectivity index (χ3v) is 3.51. The molecule has 0 radical (unpaired) electrons. The standard InChI is InChI=1S/C17H19N5O6/c1-11(28-15(23)6-9-20-17-18-7-3-8-19-17)16(24)21-13-10-12(22(25)26)4-5-14(13)27-2/h3-5,7-8,10-11H,6,9H2,1-2H3,(H,21,24)(H,18,19,20). The van der Waals surface area contributed by atoms with E-state index in [1.165, 1.54) is 26.2 Å². The molecular weight excluding hydrogens is 370 g/mol. The van der Waals surface area contributed by atoms with Crippen LogP contribution in [0.4, 0.5) is 17.3 Å². The van der Waals surface area contributed by atoms with Gasteiger partial charge in [-0.1, -0.05) is 0 Å². The van der Waals surface area contributed by atoms with Crippen molar-refractivity contribution in [1.29, 1.82) is 0 Å². The Labute approximate surface area is 160 Å². The smallest absolute Gasteiger partial charge is 0.308 e. The summed E-state index contributed by atoms with van der Waals surface area (Å²) in [5.74, 6) is -0.632. The second-order valence-electron chi connectivity index (χ2n) is 5.51. The Balaban J connectivity index is 1.87. The number of nitrogens with one attached hydrogen (secondary N) is 2. The summed E-state index contributed by atoms with van der Waals surface area (Å²) < 4.78 is 10.1. The fraction of sp³-hybridized carbons (Fsp3) is 0.294. The van der Waals surface area contributed by atoms with Crippen molar-refractivity contribution in [3.05, 3.63) is 46.8 Å². The van der Waals surface area contributed by atoms with E-state index in [1.54, 1.807) is 18.5 Å². The van der Waals surface area contributed by atoms with E-state index >= 15 is 0 Å². The van der Waals surface area contributed by atoms with Crippen molar-refractivity contribution in [2.45, 2.75) is 19.4 Å². The lowest BCUT2D eigenvalue weighted by molar-refractivity contribution is -0.384. The number of esters is 1. The molecule has 0 aliphatic carbocycles. The predicted molar refractivity (Wildman–Crippen MR) is 99.0 cm³/mol. The minimum Gasteiger partial charge on any atom is -0.495 e.